The Bertz CT molecular complexity index is 1140. The van der Waals surface area contributed by atoms with E-state index >= 15 is 0 Å². The molecule has 34 heavy (non-hydrogen) atoms. The first-order valence-corrected chi connectivity index (χ1v) is 9.74. The van der Waals surface area contributed by atoms with Crippen molar-refractivity contribution in [3.8, 4) is 6.07 Å². The van der Waals surface area contributed by atoms with E-state index < -0.39 is 53.0 Å². The lowest BCUT2D eigenvalue weighted by Gasteiger charge is -2.22. The third-order valence-electron chi connectivity index (χ3n) is 4.17. The zero-order valence-electron chi connectivity index (χ0n) is 18.6. The first-order chi connectivity index (χ1) is 15.5. The van der Waals surface area contributed by atoms with Crippen LogP contribution < -0.4 is 10.6 Å². The van der Waals surface area contributed by atoms with Crippen molar-refractivity contribution >= 4 is 23.6 Å². The molecule has 0 radical (unpaired) electrons. The predicted molar refractivity (Wildman–Crippen MR) is 111 cm³/mol. The number of hydrogen-bond donors (Lipinski definition) is 3. The number of halogens is 3. The fourth-order valence-electron chi connectivity index (χ4n) is 2.64. The third kappa shape index (κ3) is 7.04. The van der Waals surface area contributed by atoms with Gasteiger partial charge in [-0.15, -0.1) is 0 Å². The minimum atomic E-state index is -4.82. The zero-order valence-corrected chi connectivity index (χ0v) is 18.6. The van der Waals surface area contributed by atoms with Crippen LogP contribution in [-0.4, -0.2) is 44.0 Å². The molecule has 1 aromatic carbocycles. The van der Waals surface area contributed by atoms with Gasteiger partial charge in [0.05, 0.1) is 35.5 Å². The summed E-state index contributed by atoms with van der Waals surface area (Å²) in [7, 11) is 0. The highest BCUT2D eigenvalue weighted by molar-refractivity contribution is 6.02. The summed E-state index contributed by atoms with van der Waals surface area (Å²) in [4.78, 5) is 36.3. The van der Waals surface area contributed by atoms with E-state index in [-0.39, 0.29) is 11.3 Å². The number of carbonyl (C=O) groups is 3. The first-order valence-electron chi connectivity index (χ1n) is 9.74. The van der Waals surface area contributed by atoms with Crippen LogP contribution in [0.15, 0.2) is 30.6 Å². The third-order valence-corrected chi connectivity index (χ3v) is 4.17. The van der Waals surface area contributed by atoms with Crippen molar-refractivity contribution in [2.45, 2.75) is 51.6 Å². The maximum Gasteiger partial charge on any atom is 0.417 e. The Morgan fingerprint density at radius 2 is 1.85 bits per heavy atom. The van der Waals surface area contributed by atoms with E-state index in [1.165, 1.54) is 6.07 Å². The van der Waals surface area contributed by atoms with Gasteiger partial charge in [0.15, 0.2) is 5.60 Å². The molecule has 2 rings (SSSR count). The molecule has 0 fully saturated rings. The summed E-state index contributed by atoms with van der Waals surface area (Å²) < 4.78 is 45.4. The first kappa shape index (κ1) is 26.3. The minimum absolute atomic E-state index is 0.0658. The average molecular weight is 481 g/mol. The number of alkyl carbamates (subject to hydrolysis) is 1. The Hall–Kier alpha value is -3.92. The van der Waals surface area contributed by atoms with Crippen molar-refractivity contribution in [3.05, 3.63) is 47.3 Å². The van der Waals surface area contributed by atoms with Crippen molar-refractivity contribution in [1.82, 2.24) is 15.1 Å². The van der Waals surface area contributed by atoms with E-state index in [0.29, 0.717) is 6.07 Å². The van der Waals surface area contributed by atoms with Crippen LogP contribution in [0, 0.1) is 11.3 Å². The SMILES string of the molecule is CC(C)(C)OC(=O)NC(=O)c1cnn(CC(C)(O)C(=O)Nc2ccc(C#N)c(C(F)(F)F)c2)c1. The number of ether oxygens (including phenoxy) is 1. The number of benzene rings is 1. The Morgan fingerprint density at radius 1 is 1.21 bits per heavy atom. The number of aromatic nitrogens is 2. The molecule has 1 atom stereocenters. The fraction of sp³-hybridized carbons (Fsp3) is 0.381. The molecule has 10 nitrogen and oxygen atoms in total. The van der Waals surface area contributed by atoms with Crippen molar-refractivity contribution in [3.63, 3.8) is 0 Å². The van der Waals surface area contributed by atoms with Gasteiger partial charge in [-0.2, -0.15) is 23.5 Å². The second kappa shape index (κ2) is 9.52. The van der Waals surface area contributed by atoms with E-state index in [0.717, 1.165) is 36.1 Å². The smallest absolute Gasteiger partial charge is 0.417 e. The molecular weight excluding hydrogens is 459 g/mol. The van der Waals surface area contributed by atoms with Gasteiger partial charge in [-0.05, 0) is 45.9 Å². The van der Waals surface area contributed by atoms with Crippen LogP contribution in [0.2, 0.25) is 0 Å². The van der Waals surface area contributed by atoms with Crippen molar-refractivity contribution in [2.75, 3.05) is 5.32 Å². The van der Waals surface area contributed by atoms with Gasteiger partial charge in [0.1, 0.15) is 5.60 Å². The highest BCUT2D eigenvalue weighted by atomic mass is 19.4. The van der Waals surface area contributed by atoms with Crippen LogP contribution in [0.4, 0.5) is 23.7 Å². The zero-order chi connectivity index (χ0) is 25.9. The highest BCUT2D eigenvalue weighted by Gasteiger charge is 2.35. The molecule has 1 unspecified atom stereocenters. The van der Waals surface area contributed by atoms with E-state index in [1.54, 1.807) is 20.8 Å². The molecule has 182 valence electrons. The molecule has 0 spiro atoms. The molecule has 0 bridgehead atoms. The monoisotopic (exact) mass is 481 g/mol. The molecule has 13 heteroatoms. The highest BCUT2D eigenvalue weighted by Crippen LogP contribution is 2.33. The maximum absolute atomic E-state index is 13.1. The number of anilines is 1. The number of alkyl halides is 3. The maximum atomic E-state index is 13.1. The van der Waals surface area contributed by atoms with Crippen LogP contribution in [-0.2, 0) is 22.3 Å². The Labute approximate surface area is 192 Å². The molecule has 1 aromatic heterocycles. The lowest BCUT2D eigenvalue weighted by molar-refractivity contribution is -0.138. The number of imide groups is 1. The summed E-state index contributed by atoms with van der Waals surface area (Å²) in [6, 6.07) is 4.00. The van der Waals surface area contributed by atoms with Gasteiger partial charge in [-0.3, -0.25) is 19.6 Å². The van der Waals surface area contributed by atoms with Gasteiger partial charge in [0.25, 0.3) is 11.8 Å². The Kier molecular flexibility index (Phi) is 7.37. The Balaban J connectivity index is 2.09. The summed E-state index contributed by atoms with van der Waals surface area (Å²) in [6.07, 6.45) is -3.55. The number of nitriles is 1. The van der Waals surface area contributed by atoms with E-state index in [1.807, 2.05) is 5.32 Å². The molecule has 3 amide bonds. The van der Waals surface area contributed by atoms with Gasteiger partial charge in [-0.25, -0.2) is 4.79 Å². The topological polar surface area (TPSA) is 146 Å². The largest absolute Gasteiger partial charge is 0.444 e. The van der Waals surface area contributed by atoms with Crippen molar-refractivity contribution in [2.24, 2.45) is 0 Å². The molecule has 2 aromatic rings. The average Bonchev–Trinajstić information content (AvgIpc) is 3.13. The summed E-state index contributed by atoms with van der Waals surface area (Å²) in [5.74, 6) is -1.89. The summed E-state index contributed by atoms with van der Waals surface area (Å²) in [6.45, 7) is 5.47. The van der Waals surface area contributed by atoms with Crippen LogP contribution in [0.1, 0.15) is 49.2 Å². The molecular formula is C21H22F3N5O5. The number of amides is 3. The van der Waals surface area contributed by atoms with Crippen molar-refractivity contribution in [1.29, 1.82) is 5.26 Å². The van der Waals surface area contributed by atoms with E-state index in [9.17, 15) is 32.7 Å². The quantitative estimate of drug-likeness (QED) is 0.595. The molecule has 0 saturated heterocycles. The normalized spacial score (nSPS) is 13.4. The lowest BCUT2D eigenvalue weighted by atomic mass is 10.0. The van der Waals surface area contributed by atoms with Gasteiger partial charge >= 0.3 is 12.3 Å². The second-order valence-corrected chi connectivity index (χ2v) is 8.48. The van der Waals surface area contributed by atoms with Crippen LogP contribution in [0.3, 0.4) is 0 Å². The van der Waals surface area contributed by atoms with Gasteiger partial charge in [0, 0.05) is 11.9 Å². The van der Waals surface area contributed by atoms with Gasteiger partial charge in [-0.1, -0.05) is 0 Å². The number of rotatable bonds is 5. The second-order valence-electron chi connectivity index (χ2n) is 8.48. The molecule has 0 aliphatic rings. The van der Waals surface area contributed by atoms with Crippen molar-refractivity contribution < 1.29 is 37.4 Å². The van der Waals surface area contributed by atoms with Crippen LogP contribution in [0.25, 0.3) is 0 Å². The number of hydrogen-bond acceptors (Lipinski definition) is 7. The van der Waals surface area contributed by atoms with E-state index in [2.05, 4.69) is 10.4 Å². The molecule has 0 aliphatic carbocycles. The minimum Gasteiger partial charge on any atom is -0.444 e. The molecule has 1 heterocycles. The van der Waals surface area contributed by atoms with Crippen LogP contribution >= 0.6 is 0 Å². The molecule has 3 N–H and O–H groups in total. The standard InChI is InChI=1S/C21H22F3N5O5/c1-19(2,3)34-18(32)28-16(30)13-9-26-29(10-13)11-20(4,33)17(31)27-14-6-5-12(8-25)15(7-14)21(22,23)24/h5-7,9-10,33H,11H2,1-4H3,(H,27,31)(H,28,30,32). The fourth-order valence-corrected chi connectivity index (χ4v) is 2.64. The van der Waals surface area contributed by atoms with Crippen LogP contribution in [0.5, 0.6) is 0 Å². The number of nitrogens with one attached hydrogen (secondary N) is 2. The summed E-state index contributed by atoms with van der Waals surface area (Å²) in [5.41, 5.74) is -5.18. The lowest BCUT2D eigenvalue weighted by Crippen LogP contribution is -2.44. The summed E-state index contributed by atoms with van der Waals surface area (Å²) >= 11 is 0. The van der Waals surface area contributed by atoms with Gasteiger partial charge in [0.2, 0.25) is 0 Å². The number of nitrogens with zero attached hydrogens (tertiary/aromatic N) is 3. The molecule has 0 saturated carbocycles. The number of carbonyl (C=O) groups excluding carboxylic acids is 3. The predicted octanol–water partition coefficient (Wildman–Crippen LogP) is 2.83. The molecule has 0 aliphatic heterocycles. The van der Waals surface area contributed by atoms with Gasteiger partial charge < -0.3 is 15.2 Å². The van der Waals surface area contributed by atoms with E-state index in [4.69, 9.17) is 10.00 Å². The summed E-state index contributed by atoms with van der Waals surface area (Å²) in [5, 5.41) is 27.4. The number of aliphatic hydroxyl groups is 1. The Morgan fingerprint density at radius 3 is 2.41 bits per heavy atom.